The van der Waals surface area contributed by atoms with E-state index in [1.54, 1.807) is 7.11 Å². The van der Waals surface area contributed by atoms with E-state index in [9.17, 15) is 0 Å². The van der Waals surface area contributed by atoms with Gasteiger partial charge in [0.15, 0.2) is 0 Å². The Morgan fingerprint density at radius 3 is 2.80 bits per heavy atom. The number of benzene rings is 1. The molecular weight excluding hydrogens is 252 g/mol. The van der Waals surface area contributed by atoms with Gasteiger partial charge in [-0.3, -0.25) is 4.90 Å². The number of ether oxygens (including phenoxy) is 2. The van der Waals surface area contributed by atoms with Crippen molar-refractivity contribution < 1.29 is 9.47 Å². The molecule has 0 aliphatic carbocycles. The van der Waals surface area contributed by atoms with Gasteiger partial charge in [0.1, 0.15) is 5.75 Å². The highest BCUT2D eigenvalue weighted by molar-refractivity contribution is 5.30. The van der Waals surface area contributed by atoms with Crippen LogP contribution in [-0.4, -0.2) is 45.4 Å². The van der Waals surface area contributed by atoms with Crippen LogP contribution in [-0.2, 0) is 4.74 Å². The van der Waals surface area contributed by atoms with Gasteiger partial charge in [0.2, 0.25) is 0 Å². The lowest BCUT2D eigenvalue weighted by Gasteiger charge is -2.32. The predicted molar refractivity (Wildman–Crippen MR) is 81.0 cm³/mol. The number of nitrogens with zero attached hydrogens (tertiary/aromatic N) is 1. The second kappa shape index (κ2) is 7.62. The molecule has 4 nitrogen and oxygen atoms in total. The molecule has 1 heterocycles. The molecule has 0 amide bonds. The minimum atomic E-state index is 0.243. The first-order valence-corrected chi connectivity index (χ1v) is 7.36. The molecule has 1 atom stereocenters. The van der Waals surface area contributed by atoms with E-state index < -0.39 is 0 Å². The van der Waals surface area contributed by atoms with Gasteiger partial charge in [0.05, 0.1) is 7.11 Å². The van der Waals surface area contributed by atoms with Gasteiger partial charge in [-0.15, -0.1) is 0 Å². The number of likely N-dealkylation sites (N-methyl/N-ethyl adjacent to an activating group) is 1. The number of nitrogens with two attached hydrogens (primary N) is 1. The highest BCUT2D eigenvalue weighted by atomic mass is 16.5. The van der Waals surface area contributed by atoms with Gasteiger partial charge in [-0.2, -0.15) is 0 Å². The van der Waals surface area contributed by atoms with Crippen LogP contribution in [0, 0.1) is 5.92 Å². The minimum Gasteiger partial charge on any atom is -0.497 e. The van der Waals surface area contributed by atoms with Gasteiger partial charge in [-0.1, -0.05) is 12.1 Å². The van der Waals surface area contributed by atoms with Crippen LogP contribution in [0.25, 0.3) is 0 Å². The van der Waals surface area contributed by atoms with Crippen molar-refractivity contribution in [1.29, 1.82) is 0 Å². The van der Waals surface area contributed by atoms with Crippen molar-refractivity contribution in [3.63, 3.8) is 0 Å². The Hall–Kier alpha value is -1.10. The minimum absolute atomic E-state index is 0.243. The third-order valence-electron chi connectivity index (χ3n) is 4.12. The van der Waals surface area contributed by atoms with E-state index in [0.29, 0.717) is 12.5 Å². The largest absolute Gasteiger partial charge is 0.497 e. The average Bonchev–Trinajstić information content (AvgIpc) is 2.49. The summed E-state index contributed by atoms with van der Waals surface area (Å²) in [6.45, 7) is 3.48. The molecule has 1 aromatic carbocycles. The summed E-state index contributed by atoms with van der Waals surface area (Å²) in [5.41, 5.74) is 7.22. The summed E-state index contributed by atoms with van der Waals surface area (Å²) in [6.07, 6.45) is 2.31. The van der Waals surface area contributed by atoms with Gasteiger partial charge in [0, 0.05) is 32.3 Å². The molecular formula is C16H26N2O2. The maximum absolute atomic E-state index is 6.00. The van der Waals surface area contributed by atoms with Crippen LogP contribution in [0.3, 0.4) is 0 Å². The fourth-order valence-corrected chi connectivity index (χ4v) is 2.88. The van der Waals surface area contributed by atoms with Gasteiger partial charge >= 0.3 is 0 Å². The van der Waals surface area contributed by atoms with E-state index in [-0.39, 0.29) is 6.04 Å². The fraction of sp³-hybridized carbons (Fsp3) is 0.625. The number of methoxy groups -OCH3 is 1. The molecule has 0 bridgehead atoms. The molecule has 0 saturated carbocycles. The van der Waals surface area contributed by atoms with Crippen molar-refractivity contribution in [3.8, 4) is 5.75 Å². The fourth-order valence-electron chi connectivity index (χ4n) is 2.88. The molecule has 4 heteroatoms. The highest BCUT2D eigenvalue weighted by Gasteiger charge is 2.21. The van der Waals surface area contributed by atoms with Crippen molar-refractivity contribution in [1.82, 2.24) is 4.90 Å². The summed E-state index contributed by atoms with van der Waals surface area (Å²) in [7, 11) is 3.86. The molecule has 1 unspecified atom stereocenters. The van der Waals surface area contributed by atoms with Gasteiger partial charge < -0.3 is 15.2 Å². The molecule has 0 aromatic heterocycles. The zero-order valence-electron chi connectivity index (χ0n) is 12.5. The highest BCUT2D eigenvalue weighted by Crippen LogP contribution is 2.25. The second-order valence-corrected chi connectivity index (χ2v) is 5.52. The Bertz CT molecular complexity index is 405. The summed E-state index contributed by atoms with van der Waals surface area (Å²) in [4.78, 5) is 2.37. The molecule has 20 heavy (non-hydrogen) atoms. The lowest BCUT2D eigenvalue weighted by Crippen LogP contribution is -2.36. The molecule has 112 valence electrons. The first kappa shape index (κ1) is 15.3. The van der Waals surface area contributed by atoms with Crippen LogP contribution in [0.4, 0.5) is 0 Å². The number of hydrogen-bond acceptors (Lipinski definition) is 4. The maximum Gasteiger partial charge on any atom is 0.119 e. The summed E-state index contributed by atoms with van der Waals surface area (Å²) >= 11 is 0. The summed E-state index contributed by atoms with van der Waals surface area (Å²) in [5, 5.41) is 0. The van der Waals surface area contributed by atoms with E-state index in [1.807, 2.05) is 12.1 Å². The Kier molecular flexibility index (Phi) is 5.83. The summed E-state index contributed by atoms with van der Waals surface area (Å²) in [6, 6.07) is 8.45. The zero-order chi connectivity index (χ0) is 14.4. The summed E-state index contributed by atoms with van der Waals surface area (Å²) in [5.74, 6) is 1.61. The molecule has 1 saturated heterocycles. The standard InChI is InChI=1S/C16H26N2O2/c1-18(12-13-6-8-20-9-7-13)16(11-17)14-4-3-5-15(10-14)19-2/h3-5,10,13,16H,6-9,11-12,17H2,1-2H3. The smallest absolute Gasteiger partial charge is 0.119 e. The van der Waals surface area contributed by atoms with E-state index in [4.69, 9.17) is 15.2 Å². The lowest BCUT2D eigenvalue weighted by atomic mass is 9.97. The number of rotatable bonds is 6. The van der Waals surface area contributed by atoms with Crippen molar-refractivity contribution in [2.24, 2.45) is 11.7 Å². The SMILES string of the molecule is COc1cccc(C(CN)N(C)CC2CCOCC2)c1. The number of hydrogen-bond donors (Lipinski definition) is 1. The zero-order valence-corrected chi connectivity index (χ0v) is 12.5. The molecule has 0 radical (unpaired) electrons. The van der Waals surface area contributed by atoms with Crippen LogP contribution >= 0.6 is 0 Å². The van der Waals surface area contributed by atoms with Crippen LogP contribution < -0.4 is 10.5 Å². The van der Waals surface area contributed by atoms with E-state index in [0.717, 1.165) is 38.3 Å². The van der Waals surface area contributed by atoms with Crippen molar-refractivity contribution in [2.45, 2.75) is 18.9 Å². The van der Waals surface area contributed by atoms with E-state index in [1.165, 1.54) is 5.56 Å². The average molecular weight is 278 g/mol. The Balaban J connectivity index is 2.01. The molecule has 1 aromatic rings. The molecule has 1 aliphatic heterocycles. The third kappa shape index (κ3) is 3.95. The van der Waals surface area contributed by atoms with Crippen LogP contribution in [0.15, 0.2) is 24.3 Å². The first-order chi connectivity index (χ1) is 9.74. The second-order valence-electron chi connectivity index (χ2n) is 5.52. The topological polar surface area (TPSA) is 47.7 Å². The normalized spacial score (nSPS) is 18.2. The quantitative estimate of drug-likeness (QED) is 0.865. The van der Waals surface area contributed by atoms with Gasteiger partial charge in [-0.25, -0.2) is 0 Å². The first-order valence-electron chi connectivity index (χ1n) is 7.36. The van der Waals surface area contributed by atoms with E-state index in [2.05, 4.69) is 24.1 Å². The lowest BCUT2D eigenvalue weighted by molar-refractivity contribution is 0.0507. The Morgan fingerprint density at radius 1 is 1.40 bits per heavy atom. The van der Waals surface area contributed by atoms with Crippen LogP contribution in [0.1, 0.15) is 24.4 Å². The third-order valence-corrected chi connectivity index (χ3v) is 4.12. The molecule has 1 fully saturated rings. The molecule has 2 rings (SSSR count). The Morgan fingerprint density at radius 2 is 2.15 bits per heavy atom. The molecule has 1 aliphatic rings. The Labute approximate surface area is 121 Å². The van der Waals surface area contributed by atoms with Crippen molar-refractivity contribution in [3.05, 3.63) is 29.8 Å². The van der Waals surface area contributed by atoms with Gasteiger partial charge in [0.25, 0.3) is 0 Å². The predicted octanol–water partition coefficient (Wildman–Crippen LogP) is 2.05. The van der Waals surface area contributed by atoms with Crippen LogP contribution in [0.2, 0.25) is 0 Å². The van der Waals surface area contributed by atoms with E-state index >= 15 is 0 Å². The maximum atomic E-state index is 6.00. The van der Waals surface area contributed by atoms with Gasteiger partial charge in [-0.05, 0) is 43.5 Å². The van der Waals surface area contributed by atoms with Crippen molar-refractivity contribution in [2.75, 3.05) is 40.5 Å². The summed E-state index contributed by atoms with van der Waals surface area (Å²) < 4.78 is 10.7. The molecule has 2 N–H and O–H groups in total. The monoisotopic (exact) mass is 278 g/mol. The van der Waals surface area contributed by atoms with Crippen LogP contribution in [0.5, 0.6) is 5.75 Å². The molecule has 0 spiro atoms. The van der Waals surface area contributed by atoms with Crippen molar-refractivity contribution >= 4 is 0 Å².